The van der Waals surface area contributed by atoms with Gasteiger partial charge in [0.15, 0.2) is 11.5 Å². The van der Waals surface area contributed by atoms with E-state index in [1.54, 1.807) is 17.0 Å². The van der Waals surface area contributed by atoms with Crippen LogP contribution in [-0.2, 0) is 4.79 Å². The molecule has 0 N–H and O–H groups in total. The van der Waals surface area contributed by atoms with E-state index in [0.29, 0.717) is 39.3 Å². The predicted molar refractivity (Wildman–Crippen MR) is 120 cm³/mol. The standard InChI is InChI=1S/C23H14BrClN2O3/c24-15-4-3-5-16(12-15)27-22(17-6-1-2-7-18(17)25)26-19(23(27)28)10-14-8-9-20-21(11-14)30-13-29-20/h1-12H,13H2/b19-10+. The number of aliphatic imine (C=N–C) groups is 1. The molecule has 0 atom stereocenters. The smallest absolute Gasteiger partial charge is 0.282 e. The summed E-state index contributed by atoms with van der Waals surface area (Å²) in [7, 11) is 0. The molecule has 2 heterocycles. The maximum Gasteiger partial charge on any atom is 0.282 e. The second-order valence-electron chi connectivity index (χ2n) is 6.68. The molecule has 0 fully saturated rings. The normalized spacial score (nSPS) is 16.3. The third kappa shape index (κ3) is 3.38. The summed E-state index contributed by atoms with van der Waals surface area (Å²) in [6.45, 7) is 0.194. The highest BCUT2D eigenvalue weighted by atomic mass is 79.9. The molecule has 0 aliphatic carbocycles. The Bertz CT molecular complexity index is 1240. The van der Waals surface area contributed by atoms with Gasteiger partial charge in [-0.1, -0.05) is 51.8 Å². The van der Waals surface area contributed by atoms with Gasteiger partial charge >= 0.3 is 0 Å². The van der Waals surface area contributed by atoms with Gasteiger partial charge < -0.3 is 9.47 Å². The second-order valence-corrected chi connectivity index (χ2v) is 8.00. The number of halogens is 2. The molecule has 3 aromatic rings. The van der Waals surface area contributed by atoms with Crippen LogP contribution >= 0.6 is 27.5 Å². The number of anilines is 1. The van der Waals surface area contributed by atoms with Crippen LogP contribution in [-0.4, -0.2) is 18.5 Å². The molecule has 0 radical (unpaired) electrons. The van der Waals surface area contributed by atoms with Crippen molar-refractivity contribution in [1.82, 2.24) is 0 Å². The lowest BCUT2D eigenvalue weighted by Crippen LogP contribution is -2.32. The van der Waals surface area contributed by atoms with E-state index in [1.165, 1.54) is 0 Å². The highest BCUT2D eigenvalue weighted by Gasteiger charge is 2.33. The number of hydrogen-bond donors (Lipinski definition) is 0. The van der Waals surface area contributed by atoms with E-state index in [9.17, 15) is 4.79 Å². The van der Waals surface area contributed by atoms with Gasteiger partial charge in [-0.15, -0.1) is 0 Å². The van der Waals surface area contributed by atoms with Crippen molar-refractivity contribution in [2.75, 3.05) is 11.7 Å². The predicted octanol–water partition coefficient (Wildman–Crippen LogP) is 5.67. The summed E-state index contributed by atoms with van der Waals surface area (Å²) in [6.07, 6.45) is 1.74. The average molecular weight is 482 g/mol. The number of nitrogens with zero attached hydrogens (tertiary/aromatic N) is 2. The molecule has 2 aliphatic heterocycles. The molecule has 2 aliphatic rings. The number of amidine groups is 1. The fourth-order valence-corrected chi connectivity index (χ4v) is 3.96. The van der Waals surface area contributed by atoms with Gasteiger partial charge in [0.25, 0.3) is 5.91 Å². The summed E-state index contributed by atoms with van der Waals surface area (Å²) in [6, 6.07) is 20.4. The minimum atomic E-state index is -0.235. The van der Waals surface area contributed by atoms with Gasteiger partial charge in [0.05, 0.1) is 10.7 Å². The molecule has 30 heavy (non-hydrogen) atoms. The quantitative estimate of drug-likeness (QED) is 0.453. The molecular formula is C23H14BrClN2O3. The summed E-state index contributed by atoms with van der Waals surface area (Å²) in [5, 5.41) is 0.522. The van der Waals surface area contributed by atoms with Gasteiger partial charge in [-0.2, -0.15) is 0 Å². The summed E-state index contributed by atoms with van der Waals surface area (Å²) in [4.78, 5) is 19.6. The fraction of sp³-hybridized carbons (Fsp3) is 0.0435. The number of fused-ring (bicyclic) bond motifs is 1. The highest BCUT2D eigenvalue weighted by molar-refractivity contribution is 9.10. The molecule has 3 aromatic carbocycles. The molecule has 0 bridgehead atoms. The summed E-state index contributed by atoms with van der Waals surface area (Å²) >= 11 is 9.90. The molecule has 0 spiro atoms. The van der Waals surface area contributed by atoms with Crippen molar-refractivity contribution < 1.29 is 14.3 Å². The number of rotatable bonds is 3. The van der Waals surface area contributed by atoms with Gasteiger partial charge in [-0.25, -0.2) is 4.99 Å². The van der Waals surface area contributed by atoms with Gasteiger partial charge in [0.2, 0.25) is 6.79 Å². The van der Waals surface area contributed by atoms with E-state index in [4.69, 9.17) is 21.1 Å². The largest absolute Gasteiger partial charge is 0.454 e. The van der Waals surface area contributed by atoms with E-state index in [2.05, 4.69) is 20.9 Å². The molecule has 5 rings (SSSR count). The van der Waals surface area contributed by atoms with Gasteiger partial charge in [0, 0.05) is 10.0 Å². The summed E-state index contributed by atoms with van der Waals surface area (Å²) < 4.78 is 11.6. The number of ether oxygens (including phenoxy) is 2. The maximum atomic E-state index is 13.4. The zero-order chi connectivity index (χ0) is 20.7. The summed E-state index contributed by atoms with van der Waals surface area (Å²) in [5.41, 5.74) is 2.48. The lowest BCUT2D eigenvalue weighted by molar-refractivity contribution is -0.113. The molecular weight excluding hydrogens is 468 g/mol. The number of benzene rings is 3. The number of carbonyl (C=O) groups excluding carboxylic acids is 1. The van der Waals surface area contributed by atoms with Crippen molar-refractivity contribution in [1.29, 1.82) is 0 Å². The van der Waals surface area contributed by atoms with E-state index in [-0.39, 0.29) is 12.7 Å². The van der Waals surface area contributed by atoms with Crippen LogP contribution in [0.4, 0.5) is 5.69 Å². The van der Waals surface area contributed by atoms with Gasteiger partial charge in [-0.05, 0) is 54.1 Å². The molecule has 0 saturated heterocycles. The van der Waals surface area contributed by atoms with E-state index < -0.39 is 0 Å². The molecule has 5 nitrogen and oxygen atoms in total. The van der Waals surface area contributed by atoms with Crippen LogP contribution in [0, 0.1) is 0 Å². The van der Waals surface area contributed by atoms with Crippen molar-refractivity contribution in [2.45, 2.75) is 0 Å². The zero-order valence-corrected chi connectivity index (χ0v) is 17.9. The van der Waals surface area contributed by atoms with Crippen molar-refractivity contribution in [3.63, 3.8) is 0 Å². The Morgan fingerprint density at radius 1 is 1.00 bits per heavy atom. The van der Waals surface area contributed by atoms with Crippen LogP contribution in [0.2, 0.25) is 5.02 Å². The van der Waals surface area contributed by atoms with Crippen molar-refractivity contribution >= 4 is 51.0 Å². The molecule has 0 saturated carbocycles. The van der Waals surface area contributed by atoms with E-state index >= 15 is 0 Å². The number of hydrogen-bond acceptors (Lipinski definition) is 4. The van der Waals surface area contributed by atoms with E-state index in [0.717, 1.165) is 10.0 Å². The molecule has 148 valence electrons. The molecule has 0 unspecified atom stereocenters. The Balaban J connectivity index is 1.62. The summed E-state index contributed by atoms with van der Waals surface area (Å²) in [5.74, 6) is 1.58. The van der Waals surface area contributed by atoms with Gasteiger partial charge in [-0.3, -0.25) is 9.69 Å². The lowest BCUT2D eigenvalue weighted by Gasteiger charge is -2.19. The minimum Gasteiger partial charge on any atom is -0.454 e. The number of amides is 1. The second kappa shape index (κ2) is 7.63. The van der Waals surface area contributed by atoms with Crippen molar-refractivity contribution in [2.24, 2.45) is 4.99 Å². The van der Waals surface area contributed by atoms with Crippen LogP contribution < -0.4 is 14.4 Å². The number of carbonyl (C=O) groups is 1. The molecule has 1 amide bonds. The monoisotopic (exact) mass is 480 g/mol. The minimum absolute atomic E-state index is 0.194. The fourth-order valence-electron chi connectivity index (χ4n) is 3.36. The lowest BCUT2D eigenvalue weighted by atomic mass is 10.1. The Kier molecular flexibility index (Phi) is 4.81. The first-order valence-electron chi connectivity index (χ1n) is 9.15. The molecule has 7 heteroatoms. The average Bonchev–Trinajstić information content (AvgIpc) is 3.33. The van der Waals surface area contributed by atoms with Crippen LogP contribution in [0.1, 0.15) is 11.1 Å². The van der Waals surface area contributed by atoms with E-state index in [1.807, 2.05) is 60.7 Å². The zero-order valence-electron chi connectivity index (χ0n) is 15.5. The Hall–Kier alpha value is -3.09. The molecule has 0 aromatic heterocycles. The Morgan fingerprint density at radius 2 is 1.83 bits per heavy atom. The van der Waals surface area contributed by atoms with Crippen molar-refractivity contribution in [3.05, 3.63) is 93.0 Å². The SMILES string of the molecule is O=C1/C(=C\c2ccc3c(c2)OCO3)N=C(c2ccccc2Cl)N1c1cccc(Br)c1. The first-order valence-corrected chi connectivity index (χ1v) is 10.3. The van der Waals surface area contributed by atoms with Crippen LogP contribution in [0.5, 0.6) is 11.5 Å². The highest BCUT2D eigenvalue weighted by Crippen LogP contribution is 2.35. The van der Waals surface area contributed by atoms with Gasteiger partial charge in [0.1, 0.15) is 11.5 Å². The Labute approximate surface area is 186 Å². The van der Waals surface area contributed by atoms with Crippen molar-refractivity contribution in [3.8, 4) is 11.5 Å². The third-order valence-electron chi connectivity index (χ3n) is 4.74. The topological polar surface area (TPSA) is 51.1 Å². The third-order valence-corrected chi connectivity index (χ3v) is 5.56. The first-order chi connectivity index (χ1) is 14.6. The van der Waals surface area contributed by atoms with Crippen LogP contribution in [0.15, 0.2) is 81.9 Å². The van der Waals surface area contributed by atoms with Crippen LogP contribution in [0.25, 0.3) is 6.08 Å². The maximum absolute atomic E-state index is 13.4. The first kappa shape index (κ1) is 18.9. The van der Waals surface area contributed by atoms with Crippen LogP contribution in [0.3, 0.4) is 0 Å². The Morgan fingerprint density at radius 3 is 2.67 bits per heavy atom.